The molecule has 5 rings (SSSR count). The highest BCUT2D eigenvalue weighted by Gasteiger charge is 2.10. The zero-order valence-corrected chi connectivity index (χ0v) is 15.3. The Hall–Kier alpha value is -3.73. The maximum atomic E-state index is 4.78. The molecule has 3 aromatic heterocycles. The van der Waals surface area contributed by atoms with Gasteiger partial charge in [-0.2, -0.15) is 0 Å². The van der Waals surface area contributed by atoms with Crippen LogP contribution in [0.15, 0.2) is 85.3 Å². The normalized spacial score (nSPS) is 11.1. The van der Waals surface area contributed by atoms with Gasteiger partial charge in [0.15, 0.2) is 5.65 Å². The molecule has 3 heterocycles. The molecule has 5 heteroatoms. The van der Waals surface area contributed by atoms with E-state index in [2.05, 4.69) is 63.8 Å². The van der Waals surface area contributed by atoms with E-state index in [1.54, 1.807) is 6.20 Å². The zero-order valence-electron chi connectivity index (χ0n) is 15.3. The molecule has 0 amide bonds. The Morgan fingerprint density at radius 3 is 2.71 bits per heavy atom. The molecule has 0 aliphatic rings. The Morgan fingerprint density at radius 1 is 0.857 bits per heavy atom. The van der Waals surface area contributed by atoms with Crippen molar-refractivity contribution in [3.05, 3.63) is 90.9 Å². The van der Waals surface area contributed by atoms with Gasteiger partial charge < -0.3 is 5.32 Å². The maximum absolute atomic E-state index is 4.78. The van der Waals surface area contributed by atoms with Crippen LogP contribution in [0.2, 0.25) is 0 Å². The van der Waals surface area contributed by atoms with E-state index in [9.17, 15) is 0 Å². The molecule has 0 bridgehead atoms. The van der Waals surface area contributed by atoms with Gasteiger partial charge in [-0.25, -0.2) is 9.50 Å². The van der Waals surface area contributed by atoms with Crippen molar-refractivity contribution in [2.24, 2.45) is 0 Å². The van der Waals surface area contributed by atoms with Gasteiger partial charge in [0, 0.05) is 24.5 Å². The molecule has 5 nitrogen and oxygen atoms in total. The highest BCUT2D eigenvalue weighted by molar-refractivity contribution is 5.96. The number of fused-ring (bicyclic) bond motifs is 2. The monoisotopic (exact) mass is 365 g/mol. The molecule has 0 radical (unpaired) electrons. The van der Waals surface area contributed by atoms with Crippen molar-refractivity contribution in [2.75, 3.05) is 11.9 Å². The largest absolute Gasteiger partial charge is 0.368 e. The molecule has 136 valence electrons. The van der Waals surface area contributed by atoms with Gasteiger partial charge in [-0.3, -0.25) is 4.98 Å². The van der Waals surface area contributed by atoms with Crippen molar-refractivity contribution in [3.63, 3.8) is 0 Å². The van der Waals surface area contributed by atoms with E-state index in [-0.39, 0.29) is 0 Å². The van der Waals surface area contributed by atoms with Crippen molar-refractivity contribution in [3.8, 4) is 11.3 Å². The van der Waals surface area contributed by atoms with Crippen LogP contribution in [0.5, 0.6) is 0 Å². The molecule has 2 aromatic carbocycles. The van der Waals surface area contributed by atoms with Crippen LogP contribution in [-0.2, 0) is 6.42 Å². The molecule has 0 saturated heterocycles. The number of benzene rings is 2. The Bertz CT molecular complexity index is 1240. The van der Waals surface area contributed by atoms with Gasteiger partial charge in [0.1, 0.15) is 5.82 Å². The molecule has 0 aliphatic carbocycles. The summed E-state index contributed by atoms with van der Waals surface area (Å²) in [5.41, 5.74) is 4.16. The standard InChI is InChI=1S/C23H19N5/c1-2-8-19-18(6-1)7-3-9-20(19)21-16-26-23-11-10-22(27-28(21)23)25-14-12-17-5-4-13-24-15-17/h1-11,13,15-16H,12,14H2,(H,25,27). The Morgan fingerprint density at radius 2 is 1.79 bits per heavy atom. The van der Waals surface area contributed by atoms with Crippen LogP contribution in [-0.4, -0.2) is 26.1 Å². The minimum Gasteiger partial charge on any atom is -0.368 e. The van der Waals surface area contributed by atoms with E-state index < -0.39 is 0 Å². The van der Waals surface area contributed by atoms with E-state index in [1.165, 1.54) is 16.3 Å². The molecule has 0 unspecified atom stereocenters. The Labute approximate surface area is 162 Å². The maximum Gasteiger partial charge on any atom is 0.154 e. The van der Waals surface area contributed by atoms with Gasteiger partial charge in [0.05, 0.1) is 11.9 Å². The highest BCUT2D eigenvalue weighted by Crippen LogP contribution is 2.28. The molecule has 0 saturated carbocycles. The number of nitrogens with zero attached hydrogens (tertiary/aromatic N) is 4. The van der Waals surface area contributed by atoms with Crippen LogP contribution >= 0.6 is 0 Å². The second-order valence-corrected chi connectivity index (χ2v) is 6.70. The third-order valence-corrected chi connectivity index (χ3v) is 4.87. The number of nitrogens with one attached hydrogen (secondary N) is 1. The van der Waals surface area contributed by atoms with E-state index >= 15 is 0 Å². The summed E-state index contributed by atoms with van der Waals surface area (Å²) in [7, 11) is 0. The summed E-state index contributed by atoms with van der Waals surface area (Å²) in [6.07, 6.45) is 6.48. The molecular formula is C23H19N5. The van der Waals surface area contributed by atoms with Crippen molar-refractivity contribution in [2.45, 2.75) is 6.42 Å². The predicted octanol–water partition coefficient (Wildman–Crippen LogP) is 4.60. The number of aromatic nitrogens is 4. The average molecular weight is 365 g/mol. The van der Waals surface area contributed by atoms with Gasteiger partial charge in [-0.15, -0.1) is 5.10 Å². The first-order valence-corrected chi connectivity index (χ1v) is 9.34. The number of pyridine rings is 1. The van der Waals surface area contributed by atoms with Gasteiger partial charge in [0.2, 0.25) is 0 Å². The smallest absolute Gasteiger partial charge is 0.154 e. The first kappa shape index (κ1) is 16.4. The van der Waals surface area contributed by atoms with Crippen molar-refractivity contribution in [1.29, 1.82) is 0 Å². The van der Waals surface area contributed by atoms with E-state index in [4.69, 9.17) is 5.10 Å². The van der Waals surface area contributed by atoms with Gasteiger partial charge in [-0.1, -0.05) is 48.5 Å². The first-order chi connectivity index (χ1) is 13.9. The van der Waals surface area contributed by atoms with E-state index in [0.717, 1.165) is 35.7 Å². The first-order valence-electron chi connectivity index (χ1n) is 9.34. The second kappa shape index (κ2) is 7.12. The lowest BCUT2D eigenvalue weighted by Crippen LogP contribution is -2.08. The van der Waals surface area contributed by atoms with Crippen molar-refractivity contribution >= 4 is 22.2 Å². The van der Waals surface area contributed by atoms with Crippen LogP contribution < -0.4 is 5.32 Å². The van der Waals surface area contributed by atoms with Crippen molar-refractivity contribution < 1.29 is 0 Å². The third kappa shape index (κ3) is 3.07. The Balaban J connectivity index is 1.47. The number of anilines is 1. The average Bonchev–Trinajstić information content (AvgIpc) is 3.17. The molecule has 0 aliphatic heterocycles. The summed E-state index contributed by atoms with van der Waals surface area (Å²) in [6.45, 7) is 0.794. The van der Waals surface area contributed by atoms with Crippen LogP contribution in [0.1, 0.15) is 5.56 Å². The number of hydrogen-bond acceptors (Lipinski definition) is 4. The van der Waals surface area contributed by atoms with Crippen molar-refractivity contribution in [1.82, 2.24) is 19.6 Å². The fourth-order valence-corrected chi connectivity index (χ4v) is 3.48. The van der Waals surface area contributed by atoms with Gasteiger partial charge in [0.25, 0.3) is 0 Å². The summed E-state index contributed by atoms with van der Waals surface area (Å²) in [6, 6.07) is 22.7. The van der Waals surface area contributed by atoms with E-state index in [0.29, 0.717) is 0 Å². The fraction of sp³-hybridized carbons (Fsp3) is 0.0870. The third-order valence-electron chi connectivity index (χ3n) is 4.87. The van der Waals surface area contributed by atoms with Crippen LogP contribution in [0.3, 0.4) is 0 Å². The number of imidazole rings is 1. The van der Waals surface area contributed by atoms with Gasteiger partial charge in [-0.05, 0) is 41.0 Å². The molecule has 0 fully saturated rings. The SMILES string of the molecule is c1cncc(CCNc2ccc3ncc(-c4cccc5ccccc45)n3n2)c1. The summed E-state index contributed by atoms with van der Waals surface area (Å²) < 4.78 is 1.91. The summed E-state index contributed by atoms with van der Waals surface area (Å²) in [4.78, 5) is 8.69. The van der Waals surface area contributed by atoms with Crippen LogP contribution in [0, 0.1) is 0 Å². The minimum atomic E-state index is 0.794. The second-order valence-electron chi connectivity index (χ2n) is 6.70. The fourth-order valence-electron chi connectivity index (χ4n) is 3.48. The van der Waals surface area contributed by atoms with Crippen LogP contribution in [0.4, 0.5) is 5.82 Å². The highest BCUT2D eigenvalue weighted by atomic mass is 15.3. The molecular weight excluding hydrogens is 346 g/mol. The lowest BCUT2D eigenvalue weighted by molar-refractivity contribution is 0.919. The van der Waals surface area contributed by atoms with Crippen LogP contribution in [0.25, 0.3) is 27.7 Å². The molecule has 28 heavy (non-hydrogen) atoms. The number of rotatable bonds is 5. The quantitative estimate of drug-likeness (QED) is 0.495. The number of hydrogen-bond donors (Lipinski definition) is 1. The predicted molar refractivity (Wildman–Crippen MR) is 112 cm³/mol. The molecule has 0 atom stereocenters. The Kier molecular flexibility index (Phi) is 4.18. The summed E-state index contributed by atoms with van der Waals surface area (Å²) in [5, 5.41) is 10.6. The zero-order chi connectivity index (χ0) is 18.8. The minimum absolute atomic E-state index is 0.794. The van der Waals surface area contributed by atoms with Gasteiger partial charge >= 0.3 is 0 Å². The summed E-state index contributed by atoms with van der Waals surface area (Å²) in [5.74, 6) is 0.830. The molecule has 0 spiro atoms. The molecule has 5 aromatic rings. The lowest BCUT2D eigenvalue weighted by atomic mass is 10.0. The molecule has 1 N–H and O–H groups in total. The summed E-state index contributed by atoms with van der Waals surface area (Å²) >= 11 is 0. The lowest BCUT2D eigenvalue weighted by Gasteiger charge is -2.09. The van der Waals surface area contributed by atoms with E-state index in [1.807, 2.05) is 35.1 Å². The topological polar surface area (TPSA) is 55.1 Å².